The summed E-state index contributed by atoms with van der Waals surface area (Å²) in [6, 6.07) is 0. The third kappa shape index (κ3) is 18.8. The predicted molar refractivity (Wildman–Crippen MR) is 125 cm³/mol. The number of esters is 2. The molecule has 0 aliphatic rings. The Morgan fingerprint density at radius 1 is 0.767 bits per heavy atom. The molecule has 0 spiro atoms. The van der Waals surface area contributed by atoms with Gasteiger partial charge in [0.2, 0.25) is 0 Å². The van der Waals surface area contributed by atoms with E-state index in [4.69, 9.17) is 5.11 Å². The first kappa shape index (κ1) is 32.2. The molecule has 2 N–H and O–H groups in total. The van der Waals surface area contributed by atoms with Gasteiger partial charge in [0.15, 0.2) is 5.60 Å². The zero-order valence-corrected chi connectivity index (χ0v) is 19.2. The molecule has 2 unspecified atom stereocenters. The fraction of sp³-hybridized carbons (Fsp3) is 0.917. The SMILES string of the molecule is CCCCCCCCCCCCCCCCCCC(C)(O)C(=O)OC(=O)C(C)O.[NaH]. The number of carbonyl (C=O) groups is 2. The van der Waals surface area contributed by atoms with Crippen LogP contribution in [0.1, 0.15) is 130 Å². The number of hydrogen-bond acceptors (Lipinski definition) is 5. The Bertz CT molecular complexity index is 424. The van der Waals surface area contributed by atoms with E-state index in [0.717, 1.165) is 12.8 Å². The summed E-state index contributed by atoms with van der Waals surface area (Å²) >= 11 is 0. The molecule has 0 radical (unpaired) electrons. The van der Waals surface area contributed by atoms with Crippen molar-refractivity contribution in [1.29, 1.82) is 0 Å². The number of rotatable bonds is 19. The van der Waals surface area contributed by atoms with Gasteiger partial charge in [0.1, 0.15) is 6.10 Å². The number of aliphatic hydroxyl groups excluding tert-OH is 1. The van der Waals surface area contributed by atoms with E-state index < -0.39 is 23.6 Å². The molecular formula is C24H47NaO5. The number of aliphatic hydroxyl groups is 2. The van der Waals surface area contributed by atoms with Crippen LogP contribution in [0.5, 0.6) is 0 Å². The van der Waals surface area contributed by atoms with Crippen molar-refractivity contribution in [3.63, 3.8) is 0 Å². The molecule has 0 aliphatic heterocycles. The van der Waals surface area contributed by atoms with Crippen molar-refractivity contribution in [3.8, 4) is 0 Å². The average molecular weight is 439 g/mol. The van der Waals surface area contributed by atoms with E-state index in [-0.39, 0.29) is 36.0 Å². The van der Waals surface area contributed by atoms with E-state index in [0.29, 0.717) is 6.42 Å². The van der Waals surface area contributed by atoms with Gasteiger partial charge < -0.3 is 14.9 Å². The Morgan fingerprint density at radius 3 is 1.43 bits per heavy atom. The minimum absolute atomic E-state index is 0. The fourth-order valence-corrected chi connectivity index (χ4v) is 3.41. The van der Waals surface area contributed by atoms with Crippen molar-refractivity contribution >= 4 is 41.5 Å². The van der Waals surface area contributed by atoms with Crippen LogP contribution in [-0.2, 0) is 14.3 Å². The monoisotopic (exact) mass is 438 g/mol. The van der Waals surface area contributed by atoms with Gasteiger partial charge in [-0.25, -0.2) is 9.59 Å². The van der Waals surface area contributed by atoms with Gasteiger partial charge in [0, 0.05) is 0 Å². The molecule has 0 aromatic heterocycles. The molecule has 0 fully saturated rings. The van der Waals surface area contributed by atoms with Crippen molar-refractivity contribution in [1.82, 2.24) is 0 Å². The number of carbonyl (C=O) groups excluding carboxylic acids is 2. The van der Waals surface area contributed by atoms with Crippen molar-refractivity contribution in [2.24, 2.45) is 0 Å². The molecule has 0 aromatic carbocycles. The summed E-state index contributed by atoms with van der Waals surface area (Å²) < 4.78 is 4.48. The van der Waals surface area contributed by atoms with E-state index in [1.807, 2.05) is 0 Å². The van der Waals surface area contributed by atoms with Gasteiger partial charge in [-0.05, 0) is 26.7 Å². The normalized spacial score (nSPS) is 13.9. The van der Waals surface area contributed by atoms with Crippen LogP contribution < -0.4 is 0 Å². The van der Waals surface area contributed by atoms with E-state index in [1.54, 1.807) is 0 Å². The van der Waals surface area contributed by atoms with Crippen LogP contribution in [0.15, 0.2) is 0 Å². The third-order valence-electron chi connectivity index (χ3n) is 5.49. The summed E-state index contributed by atoms with van der Waals surface area (Å²) in [7, 11) is 0. The van der Waals surface area contributed by atoms with Crippen LogP contribution in [0.25, 0.3) is 0 Å². The predicted octanol–water partition coefficient (Wildman–Crippen LogP) is 5.19. The van der Waals surface area contributed by atoms with Gasteiger partial charge in [-0.15, -0.1) is 0 Å². The second-order valence-electron chi connectivity index (χ2n) is 8.71. The third-order valence-corrected chi connectivity index (χ3v) is 5.49. The molecule has 0 aliphatic carbocycles. The summed E-state index contributed by atoms with van der Waals surface area (Å²) in [5.41, 5.74) is -1.68. The van der Waals surface area contributed by atoms with Crippen LogP contribution >= 0.6 is 0 Å². The van der Waals surface area contributed by atoms with E-state index in [1.165, 1.54) is 97.3 Å². The van der Waals surface area contributed by atoms with Crippen molar-refractivity contribution < 1.29 is 24.5 Å². The Labute approximate surface area is 207 Å². The van der Waals surface area contributed by atoms with Gasteiger partial charge in [-0.2, -0.15) is 0 Å². The van der Waals surface area contributed by atoms with Gasteiger partial charge in [-0.1, -0.05) is 103 Å². The van der Waals surface area contributed by atoms with Crippen LogP contribution in [0.3, 0.4) is 0 Å². The summed E-state index contributed by atoms with van der Waals surface area (Å²) in [4.78, 5) is 23.0. The zero-order chi connectivity index (χ0) is 22.0. The second kappa shape index (κ2) is 20.9. The van der Waals surface area contributed by atoms with E-state index in [2.05, 4.69) is 11.7 Å². The van der Waals surface area contributed by atoms with Crippen LogP contribution in [0.4, 0.5) is 0 Å². The molecule has 0 saturated heterocycles. The van der Waals surface area contributed by atoms with Gasteiger partial charge in [0.05, 0.1) is 0 Å². The molecule has 30 heavy (non-hydrogen) atoms. The first-order valence-electron chi connectivity index (χ1n) is 12.0. The van der Waals surface area contributed by atoms with Crippen LogP contribution in [0.2, 0.25) is 0 Å². The number of ether oxygens (including phenoxy) is 1. The quantitative estimate of drug-likeness (QED) is 0.125. The maximum atomic E-state index is 11.8. The first-order chi connectivity index (χ1) is 13.8. The molecule has 0 rings (SSSR count). The standard InChI is InChI=1S/C24H46O5.Na.H/c1-4-5-6-7-8-9-10-11-12-13-14-15-16-17-18-19-20-24(3,28)23(27)29-22(26)21(2)25;;/h21,25,28H,4-20H2,1-3H3;;. The molecular weight excluding hydrogens is 391 g/mol. The van der Waals surface area contributed by atoms with Crippen molar-refractivity contribution in [2.75, 3.05) is 0 Å². The van der Waals surface area contributed by atoms with E-state index in [9.17, 15) is 14.7 Å². The van der Waals surface area contributed by atoms with E-state index >= 15 is 0 Å². The number of unbranched alkanes of at least 4 members (excludes halogenated alkanes) is 15. The van der Waals surface area contributed by atoms with Gasteiger partial charge in [0.25, 0.3) is 0 Å². The zero-order valence-electron chi connectivity index (χ0n) is 19.2. The topological polar surface area (TPSA) is 83.8 Å². The molecule has 6 heteroatoms. The average Bonchev–Trinajstić information content (AvgIpc) is 2.67. The maximum absolute atomic E-state index is 11.8. The molecule has 0 bridgehead atoms. The molecule has 2 atom stereocenters. The molecule has 0 heterocycles. The fourth-order valence-electron chi connectivity index (χ4n) is 3.41. The van der Waals surface area contributed by atoms with Gasteiger partial charge >= 0.3 is 41.5 Å². The molecule has 174 valence electrons. The van der Waals surface area contributed by atoms with Gasteiger partial charge in [-0.3, -0.25) is 0 Å². The molecule has 5 nitrogen and oxygen atoms in total. The van der Waals surface area contributed by atoms with Crippen LogP contribution in [-0.4, -0.2) is 63.4 Å². The molecule has 0 saturated carbocycles. The number of hydrogen-bond donors (Lipinski definition) is 2. The minimum atomic E-state index is -1.68. The summed E-state index contributed by atoms with van der Waals surface area (Å²) in [5, 5.41) is 19.2. The Hall–Kier alpha value is 0.0600. The van der Waals surface area contributed by atoms with Crippen molar-refractivity contribution in [3.05, 3.63) is 0 Å². The Balaban J connectivity index is 0. The molecule has 0 aromatic rings. The summed E-state index contributed by atoms with van der Waals surface area (Å²) in [6.07, 6.45) is 19.1. The molecule has 0 amide bonds. The second-order valence-corrected chi connectivity index (χ2v) is 8.71. The Morgan fingerprint density at radius 2 is 1.10 bits per heavy atom. The summed E-state index contributed by atoms with van der Waals surface area (Å²) in [6.45, 7) is 4.84. The first-order valence-corrected chi connectivity index (χ1v) is 12.0. The van der Waals surface area contributed by atoms with Crippen LogP contribution in [0, 0.1) is 0 Å². The summed E-state index contributed by atoms with van der Waals surface area (Å²) in [5.74, 6) is -2.01. The Kier molecular flexibility index (Phi) is 22.5. The van der Waals surface area contributed by atoms with Crippen molar-refractivity contribution in [2.45, 2.75) is 142 Å².